The highest BCUT2D eigenvalue weighted by atomic mass is 35.5. The number of likely N-dealkylation sites (N-methyl/N-ethyl adjacent to an activating group) is 1. The molecule has 3 nitrogen and oxygen atoms in total. The van der Waals surface area contributed by atoms with E-state index < -0.39 is 0 Å². The molecule has 0 amide bonds. The lowest BCUT2D eigenvalue weighted by Gasteiger charge is -2.18. The van der Waals surface area contributed by atoms with Crippen molar-refractivity contribution in [1.82, 2.24) is 4.90 Å². The predicted molar refractivity (Wildman–Crippen MR) is 128 cm³/mol. The number of hydrogen-bond donors (Lipinski definition) is 0. The maximum absolute atomic E-state index is 9.58. The van der Waals surface area contributed by atoms with Gasteiger partial charge in [-0.2, -0.15) is 5.26 Å². The Bertz CT molecular complexity index is 791. The molecule has 0 unspecified atom stereocenters. The first-order valence-electron chi connectivity index (χ1n) is 9.89. The molecular formula is C24H31ClN2OS. The summed E-state index contributed by atoms with van der Waals surface area (Å²) < 4.78 is 5.83. The van der Waals surface area contributed by atoms with Crippen molar-refractivity contribution in [2.45, 2.75) is 37.8 Å². The van der Waals surface area contributed by atoms with Crippen LogP contribution in [-0.4, -0.2) is 36.4 Å². The minimum Gasteiger partial charge on any atom is -0.492 e. The van der Waals surface area contributed by atoms with Crippen LogP contribution in [0.15, 0.2) is 53.4 Å². The van der Waals surface area contributed by atoms with Crippen LogP contribution < -0.4 is 4.74 Å². The Morgan fingerprint density at radius 3 is 2.21 bits per heavy atom. The second-order valence-corrected chi connectivity index (χ2v) is 8.46. The Labute approximate surface area is 186 Å². The van der Waals surface area contributed by atoms with E-state index in [1.54, 1.807) is 0 Å². The molecule has 0 saturated carbocycles. The Morgan fingerprint density at radius 1 is 1.07 bits per heavy atom. The summed E-state index contributed by atoms with van der Waals surface area (Å²) in [5.41, 5.74) is 2.59. The van der Waals surface area contributed by atoms with Gasteiger partial charge in [-0.15, -0.1) is 24.2 Å². The molecule has 156 valence electrons. The van der Waals surface area contributed by atoms with Gasteiger partial charge in [0.25, 0.3) is 0 Å². The first kappa shape index (κ1) is 25.1. The molecule has 0 N–H and O–H groups in total. The van der Waals surface area contributed by atoms with Gasteiger partial charge < -0.3 is 9.64 Å². The van der Waals surface area contributed by atoms with Gasteiger partial charge in [-0.3, -0.25) is 0 Å². The van der Waals surface area contributed by atoms with Crippen LogP contribution in [0.5, 0.6) is 5.75 Å². The SMILES string of the molecule is CCN(CC)CCOc1ccc(C(C#N)=Cc2ccc(SC(C)C)cc2)cc1.Cl. The molecule has 29 heavy (non-hydrogen) atoms. The third-order valence-electron chi connectivity index (χ3n) is 4.42. The van der Waals surface area contributed by atoms with E-state index in [-0.39, 0.29) is 12.4 Å². The number of hydrogen-bond acceptors (Lipinski definition) is 4. The van der Waals surface area contributed by atoms with Gasteiger partial charge in [0.05, 0.1) is 11.6 Å². The van der Waals surface area contributed by atoms with E-state index in [4.69, 9.17) is 4.74 Å². The van der Waals surface area contributed by atoms with Crippen molar-refractivity contribution in [2.75, 3.05) is 26.2 Å². The minimum atomic E-state index is 0. The van der Waals surface area contributed by atoms with Crippen LogP contribution in [0.4, 0.5) is 0 Å². The van der Waals surface area contributed by atoms with E-state index in [0.29, 0.717) is 17.4 Å². The number of nitriles is 1. The predicted octanol–water partition coefficient (Wildman–Crippen LogP) is 6.39. The number of ether oxygens (including phenoxy) is 1. The Kier molecular flexibility index (Phi) is 11.5. The average molecular weight is 431 g/mol. The molecule has 0 radical (unpaired) electrons. The van der Waals surface area contributed by atoms with E-state index in [9.17, 15) is 5.26 Å². The van der Waals surface area contributed by atoms with Gasteiger partial charge in [0.2, 0.25) is 0 Å². The van der Waals surface area contributed by atoms with Crippen LogP contribution in [0, 0.1) is 11.3 Å². The molecule has 2 aromatic carbocycles. The van der Waals surface area contributed by atoms with E-state index >= 15 is 0 Å². The first-order chi connectivity index (χ1) is 13.5. The number of benzene rings is 2. The smallest absolute Gasteiger partial charge is 0.119 e. The van der Waals surface area contributed by atoms with E-state index in [1.807, 2.05) is 42.1 Å². The standard InChI is InChI=1S/C24H30N2OS.ClH/c1-5-26(6-2)15-16-27-23-11-9-21(10-12-23)22(18-25)17-20-7-13-24(14-8-20)28-19(3)4;/h7-14,17,19H,5-6,15-16H2,1-4H3;1H. The van der Waals surface area contributed by atoms with E-state index in [0.717, 1.165) is 36.5 Å². The van der Waals surface area contributed by atoms with Crippen LogP contribution in [0.2, 0.25) is 0 Å². The summed E-state index contributed by atoms with van der Waals surface area (Å²) in [4.78, 5) is 3.58. The van der Waals surface area contributed by atoms with Gasteiger partial charge in [-0.1, -0.05) is 39.8 Å². The average Bonchev–Trinajstić information content (AvgIpc) is 2.71. The van der Waals surface area contributed by atoms with Gasteiger partial charge in [0.1, 0.15) is 12.4 Å². The highest BCUT2D eigenvalue weighted by Crippen LogP contribution is 2.25. The molecular weight excluding hydrogens is 400 g/mol. The number of nitrogens with zero attached hydrogens (tertiary/aromatic N) is 2. The third kappa shape index (κ3) is 8.53. The van der Waals surface area contributed by atoms with Crippen molar-refractivity contribution in [1.29, 1.82) is 5.26 Å². The van der Waals surface area contributed by atoms with Gasteiger partial charge in [0.15, 0.2) is 0 Å². The van der Waals surface area contributed by atoms with Gasteiger partial charge in [0, 0.05) is 16.7 Å². The fourth-order valence-electron chi connectivity index (χ4n) is 2.82. The third-order valence-corrected chi connectivity index (χ3v) is 5.44. The summed E-state index contributed by atoms with van der Waals surface area (Å²) in [6.07, 6.45) is 1.93. The number of thioether (sulfide) groups is 1. The van der Waals surface area contributed by atoms with Crippen molar-refractivity contribution < 1.29 is 4.74 Å². The number of halogens is 1. The van der Waals surface area contributed by atoms with Gasteiger partial charge in [-0.05, 0) is 66.7 Å². The zero-order chi connectivity index (χ0) is 20.4. The molecule has 0 aliphatic carbocycles. The van der Waals surface area contributed by atoms with Crippen molar-refractivity contribution in [3.63, 3.8) is 0 Å². The molecule has 0 saturated heterocycles. The summed E-state index contributed by atoms with van der Waals surface area (Å²) in [7, 11) is 0. The topological polar surface area (TPSA) is 36.3 Å². The summed E-state index contributed by atoms with van der Waals surface area (Å²) in [6.45, 7) is 12.3. The second-order valence-electron chi connectivity index (χ2n) is 6.81. The second kappa shape index (κ2) is 13.3. The lowest BCUT2D eigenvalue weighted by molar-refractivity contribution is 0.223. The molecule has 0 fully saturated rings. The molecule has 0 atom stereocenters. The van der Waals surface area contributed by atoms with E-state index in [1.165, 1.54) is 4.90 Å². The fraction of sp³-hybridized carbons (Fsp3) is 0.375. The zero-order valence-corrected chi connectivity index (χ0v) is 19.4. The largest absolute Gasteiger partial charge is 0.492 e. The lowest BCUT2D eigenvalue weighted by Crippen LogP contribution is -2.27. The van der Waals surface area contributed by atoms with Crippen LogP contribution in [0.25, 0.3) is 11.6 Å². The Balaban J connectivity index is 0.00000420. The van der Waals surface area contributed by atoms with Crippen molar-refractivity contribution in [3.05, 3.63) is 59.7 Å². The molecule has 5 heteroatoms. The van der Waals surface area contributed by atoms with Crippen molar-refractivity contribution in [2.24, 2.45) is 0 Å². The molecule has 2 rings (SSSR count). The highest BCUT2D eigenvalue weighted by molar-refractivity contribution is 7.99. The lowest BCUT2D eigenvalue weighted by atomic mass is 10.0. The minimum absolute atomic E-state index is 0. The Hall–Kier alpha value is -1.93. The number of rotatable bonds is 10. The normalized spacial score (nSPS) is 11.3. The first-order valence-corrected chi connectivity index (χ1v) is 10.8. The van der Waals surface area contributed by atoms with Crippen molar-refractivity contribution in [3.8, 4) is 11.8 Å². The molecule has 0 aliphatic rings. The molecule has 0 bridgehead atoms. The molecule has 2 aromatic rings. The van der Waals surface area contributed by atoms with Crippen molar-refractivity contribution >= 4 is 35.8 Å². The maximum Gasteiger partial charge on any atom is 0.119 e. The highest BCUT2D eigenvalue weighted by Gasteiger charge is 2.04. The van der Waals surface area contributed by atoms with Crippen LogP contribution in [0.1, 0.15) is 38.8 Å². The summed E-state index contributed by atoms with van der Waals surface area (Å²) >= 11 is 1.84. The maximum atomic E-state index is 9.58. The summed E-state index contributed by atoms with van der Waals surface area (Å²) in [5, 5.41) is 10.1. The molecule has 0 aromatic heterocycles. The monoisotopic (exact) mass is 430 g/mol. The van der Waals surface area contributed by atoms with Crippen LogP contribution in [-0.2, 0) is 0 Å². The van der Waals surface area contributed by atoms with Gasteiger partial charge >= 0.3 is 0 Å². The summed E-state index contributed by atoms with van der Waals surface area (Å²) in [5.74, 6) is 0.836. The zero-order valence-electron chi connectivity index (χ0n) is 17.7. The Morgan fingerprint density at radius 2 is 1.69 bits per heavy atom. The molecule has 0 aliphatic heterocycles. The quantitative estimate of drug-likeness (QED) is 0.248. The van der Waals surface area contributed by atoms with Crippen LogP contribution in [0.3, 0.4) is 0 Å². The van der Waals surface area contributed by atoms with E-state index in [2.05, 4.69) is 62.9 Å². The van der Waals surface area contributed by atoms with Crippen LogP contribution >= 0.6 is 24.2 Å². The number of allylic oxidation sites excluding steroid dienone is 1. The fourth-order valence-corrected chi connectivity index (χ4v) is 3.66. The molecule has 0 heterocycles. The van der Waals surface area contributed by atoms with Gasteiger partial charge in [-0.25, -0.2) is 0 Å². The summed E-state index contributed by atoms with van der Waals surface area (Å²) in [6, 6.07) is 18.4. The molecule has 0 spiro atoms.